The van der Waals surface area contributed by atoms with E-state index in [0.717, 1.165) is 3.98 Å². The van der Waals surface area contributed by atoms with Crippen LogP contribution >= 0.6 is 0 Å². The van der Waals surface area contributed by atoms with E-state index in [9.17, 15) is 2.69 Å². The first-order chi connectivity index (χ1) is 2.41. The number of rotatable bonds is 2. The fourth-order valence-corrected chi connectivity index (χ4v) is 0.517. The van der Waals surface area contributed by atoms with Gasteiger partial charge < -0.3 is 0 Å². The van der Waals surface area contributed by atoms with Gasteiger partial charge in [0.2, 0.25) is 0 Å². The van der Waals surface area contributed by atoms with Crippen molar-refractivity contribution in [3.8, 4) is 0 Å². The molecule has 0 saturated heterocycles. The molecule has 0 bridgehead atoms. The van der Waals surface area contributed by atoms with E-state index in [4.69, 9.17) is 0 Å². The Morgan fingerprint density at radius 1 is 2.00 bits per heavy atom. The van der Waals surface area contributed by atoms with E-state index < -0.39 is 24.2 Å². The van der Waals surface area contributed by atoms with Crippen LogP contribution in [0.5, 0.6) is 0 Å². The van der Waals surface area contributed by atoms with Crippen molar-refractivity contribution in [2.75, 3.05) is 0 Å². The van der Waals surface area contributed by atoms with Crippen LogP contribution in [0, 0.1) is 0 Å². The Kier molecular flexibility index (Phi) is 4.87. The molecule has 1 radical (unpaired) electrons. The van der Waals surface area contributed by atoms with Gasteiger partial charge in [-0.3, -0.25) is 0 Å². The standard InChI is InChI=1S/C3H5.O.Pb/c1-3-2;;/h3H,1-2H2;;. The Morgan fingerprint density at radius 2 is 2.60 bits per heavy atom. The third-order valence-corrected chi connectivity index (χ3v) is 2.00. The quantitative estimate of drug-likeness (QED) is 0.528. The van der Waals surface area contributed by atoms with E-state index in [1.807, 2.05) is 0 Å². The predicted octanol–water partition coefficient (Wildman–Crippen LogP) is 0.640. The van der Waals surface area contributed by atoms with Crippen molar-refractivity contribution in [3.05, 3.63) is 12.7 Å². The molecule has 27 valence electrons. The van der Waals surface area contributed by atoms with Crippen molar-refractivity contribution < 1.29 is 2.69 Å². The van der Waals surface area contributed by atoms with Crippen LogP contribution in [0.3, 0.4) is 0 Å². The minimum atomic E-state index is -1.33. The molecule has 0 atom stereocenters. The van der Waals surface area contributed by atoms with Gasteiger partial charge in [0.15, 0.2) is 0 Å². The molecule has 0 aromatic carbocycles. The number of hydrogen-bond acceptors (Lipinski definition) is 1. The van der Waals surface area contributed by atoms with Gasteiger partial charge in [-0.25, -0.2) is 0 Å². The van der Waals surface area contributed by atoms with E-state index in [1.165, 1.54) is 0 Å². The SMILES string of the molecule is C=C[CH2][Pb]=[O]. The summed E-state index contributed by atoms with van der Waals surface area (Å²) in [5.41, 5.74) is 0. The molecule has 0 unspecified atom stereocenters. The monoisotopic (exact) mass is 265 g/mol. The van der Waals surface area contributed by atoms with Gasteiger partial charge in [0, 0.05) is 0 Å². The maximum absolute atomic E-state index is 9.65. The summed E-state index contributed by atoms with van der Waals surface area (Å²) in [6.07, 6.45) is 1.70. The van der Waals surface area contributed by atoms with Gasteiger partial charge in [0.25, 0.3) is 0 Å². The third kappa shape index (κ3) is 4.46. The van der Waals surface area contributed by atoms with Crippen LogP contribution in [0.1, 0.15) is 0 Å². The van der Waals surface area contributed by atoms with Crippen molar-refractivity contribution in [1.29, 1.82) is 0 Å². The topological polar surface area (TPSA) is 17.1 Å². The summed E-state index contributed by atoms with van der Waals surface area (Å²) in [5, 5.41) is 0. The molecule has 0 rings (SSSR count). The van der Waals surface area contributed by atoms with Crippen LogP contribution in [0.15, 0.2) is 12.7 Å². The van der Waals surface area contributed by atoms with Crippen LogP contribution in [-0.4, -0.2) is 24.2 Å². The van der Waals surface area contributed by atoms with Crippen molar-refractivity contribution in [2.24, 2.45) is 0 Å². The molecular weight excluding hydrogens is 259 g/mol. The third-order valence-electron chi connectivity index (χ3n) is 0.228. The molecule has 0 aliphatic heterocycles. The second kappa shape index (κ2) is 4.46. The fourth-order valence-electron chi connectivity index (χ4n) is 0.0589. The normalized spacial score (nSPS) is 6.40. The van der Waals surface area contributed by atoms with Gasteiger partial charge in [-0.15, -0.1) is 0 Å². The average Bonchev–Trinajstić information content (AvgIpc) is 1.41. The molecule has 0 aromatic heterocycles. The second-order valence-corrected chi connectivity index (χ2v) is 3.35. The second-order valence-electron chi connectivity index (χ2n) is 0.637. The van der Waals surface area contributed by atoms with Crippen LogP contribution < -0.4 is 0 Å². The number of hydrogen-bond donors (Lipinski definition) is 0. The van der Waals surface area contributed by atoms with Crippen molar-refractivity contribution in [2.45, 2.75) is 3.98 Å². The van der Waals surface area contributed by atoms with E-state index in [-0.39, 0.29) is 0 Å². The van der Waals surface area contributed by atoms with Crippen molar-refractivity contribution >= 4 is 24.2 Å². The molecule has 0 N–H and O–H groups in total. The van der Waals surface area contributed by atoms with E-state index in [2.05, 4.69) is 6.58 Å². The van der Waals surface area contributed by atoms with Crippen molar-refractivity contribution in [3.63, 3.8) is 0 Å². The van der Waals surface area contributed by atoms with Gasteiger partial charge in [-0.2, -0.15) is 0 Å². The Bertz CT molecular complexity index is 36.2. The molecule has 0 heterocycles. The van der Waals surface area contributed by atoms with E-state index >= 15 is 0 Å². The zero-order valence-electron chi connectivity index (χ0n) is 2.90. The molecule has 2 heteroatoms. The molecular formula is C3H5OPb. The zero-order valence-corrected chi connectivity index (χ0v) is 6.79. The van der Waals surface area contributed by atoms with Gasteiger partial charge >= 0.3 is 43.6 Å². The summed E-state index contributed by atoms with van der Waals surface area (Å²) < 4.78 is 10.4. The Morgan fingerprint density at radius 3 is 2.60 bits per heavy atom. The maximum atomic E-state index is 9.65. The Hall–Kier alpha value is 0.462. The van der Waals surface area contributed by atoms with Crippen LogP contribution in [0.2, 0.25) is 3.98 Å². The summed E-state index contributed by atoms with van der Waals surface area (Å²) in [7, 11) is 0. The van der Waals surface area contributed by atoms with Crippen LogP contribution in [0.25, 0.3) is 0 Å². The number of allylic oxidation sites excluding steroid dienone is 1. The minimum absolute atomic E-state index is 0.792. The predicted molar refractivity (Wildman–Crippen MR) is 21.4 cm³/mol. The molecule has 0 spiro atoms. The summed E-state index contributed by atoms with van der Waals surface area (Å²) in [4.78, 5) is 0. The van der Waals surface area contributed by atoms with Gasteiger partial charge in [-0.05, 0) is 0 Å². The van der Waals surface area contributed by atoms with Gasteiger partial charge in [0.05, 0.1) is 0 Å². The summed E-state index contributed by atoms with van der Waals surface area (Å²) in [6.45, 7) is 3.40. The molecule has 0 aromatic rings. The molecule has 0 fully saturated rings. The first-order valence-corrected chi connectivity index (χ1v) is 5.71. The summed E-state index contributed by atoms with van der Waals surface area (Å²) >= 11 is -1.33. The summed E-state index contributed by atoms with van der Waals surface area (Å²) in [6, 6.07) is 0. The van der Waals surface area contributed by atoms with E-state index in [0.29, 0.717) is 0 Å². The first kappa shape index (κ1) is 5.46. The van der Waals surface area contributed by atoms with Crippen molar-refractivity contribution in [1.82, 2.24) is 0 Å². The van der Waals surface area contributed by atoms with Gasteiger partial charge in [-0.1, -0.05) is 0 Å². The van der Waals surface area contributed by atoms with E-state index in [1.54, 1.807) is 6.08 Å². The molecule has 0 amide bonds. The van der Waals surface area contributed by atoms with Crippen LogP contribution in [-0.2, 0) is 2.69 Å². The fraction of sp³-hybridized carbons (Fsp3) is 0.333. The molecule has 0 aliphatic carbocycles. The molecule has 0 aliphatic rings. The molecule has 1 nitrogen and oxygen atoms in total. The molecule has 5 heavy (non-hydrogen) atoms. The zero-order chi connectivity index (χ0) is 4.12. The van der Waals surface area contributed by atoms with Gasteiger partial charge in [0.1, 0.15) is 0 Å². The Balaban J connectivity index is 2.65. The summed E-state index contributed by atoms with van der Waals surface area (Å²) in [5.74, 6) is 0. The average molecular weight is 264 g/mol. The first-order valence-electron chi connectivity index (χ1n) is 1.37. The van der Waals surface area contributed by atoms with Crippen LogP contribution in [0.4, 0.5) is 0 Å². The Labute approximate surface area is 43.8 Å². The molecule has 0 saturated carbocycles.